The number of benzene rings is 1. The molecule has 4 nitrogen and oxygen atoms in total. The van der Waals surface area contributed by atoms with Crippen LogP contribution in [0.1, 0.15) is 16.1 Å². The molecule has 2 aromatic rings. The minimum Gasteiger partial charge on any atom is -0.478 e. The molecule has 0 aliphatic rings. The van der Waals surface area contributed by atoms with Crippen molar-refractivity contribution in [2.45, 2.75) is 6.92 Å². The van der Waals surface area contributed by atoms with Crippen LogP contribution in [0.2, 0.25) is 0 Å². The lowest BCUT2D eigenvalue weighted by molar-refractivity contribution is 0.0697. The Morgan fingerprint density at radius 2 is 1.90 bits per heavy atom. The molecule has 1 heterocycles. The number of carbonyl (C=O) groups is 1. The van der Waals surface area contributed by atoms with E-state index in [1.54, 1.807) is 6.92 Å². The molecule has 0 unspecified atom stereocenters. The van der Waals surface area contributed by atoms with E-state index in [-0.39, 0.29) is 16.9 Å². The Labute approximate surface area is 111 Å². The Morgan fingerprint density at radius 1 is 1.20 bits per heavy atom. The van der Waals surface area contributed by atoms with Crippen molar-refractivity contribution in [1.82, 2.24) is 4.98 Å². The van der Waals surface area contributed by atoms with Crippen LogP contribution in [0, 0.1) is 24.4 Å². The minimum absolute atomic E-state index is 0.0370. The van der Waals surface area contributed by atoms with Gasteiger partial charge in [-0.25, -0.2) is 18.0 Å². The molecule has 2 rings (SSSR count). The summed E-state index contributed by atoms with van der Waals surface area (Å²) in [7, 11) is 0. The predicted molar refractivity (Wildman–Crippen MR) is 65.5 cm³/mol. The van der Waals surface area contributed by atoms with E-state index in [0.717, 1.165) is 18.3 Å². The number of anilines is 2. The fourth-order valence-corrected chi connectivity index (χ4v) is 1.60. The normalized spacial score (nSPS) is 10.4. The molecule has 0 bridgehead atoms. The molecular formula is C13H9F3N2O2. The Morgan fingerprint density at radius 3 is 2.55 bits per heavy atom. The summed E-state index contributed by atoms with van der Waals surface area (Å²) in [6.45, 7) is 1.61. The summed E-state index contributed by atoms with van der Waals surface area (Å²) < 4.78 is 39.5. The SMILES string of the molecule is Cc1cc(Nc2ccc(F)c(F)c2F)c(C(=O)O)cn1. The molecule has 0 saturated carbocycles. The van der Waals surface area contributed by atoms with Crippen LogP contribution in [-0.2, 0) is 0 Å². The molecule has 0 atom stereocenters. The van der Waals surface area contributed by atoms with E-state index < -0.39 is 23.4 Å². The van der Waals surface area contributed by atoms with Crippen LogP contribution in [0.3, 0.4) is 0 Å². The van der Waals surface area contributed by atoms with E-state index in [9.17, 15) is 18.0 Å². The van der Waals surface area contributed by atoms with E-state index in [0.29, 0.717) is 5.69 Å². The van der Waals surface area contributed by atoms with Crippen LogP contribution in [0.15, 0.2) is 24.4 Å². The zero-order chi connectivity index (χ0) is 14.9. The Balaban J connectivity index is 2.47. The lowest BCUT2D eigenvalue weighted by atomic mass is 10.2. The third kappa shape index (κ3) is 2.56. The first-order valence-electron chi connectivity index (χ1n) is 5.50. The first-order chi connectivity index (χ1) is 9.40. The van der Waals surface area contributed by atoms with Crippen molar-refractivity contribution in [2.75, 3.05) is 5.32 Å². The molecule has 1 aromatic heterocycles. The molecule has 0 aliphatic heterocycles. The first kappa shape index (κ1) is 13.9. The van der Waals surface area contributed by atoms with Gasteiger partial charge in [0.15, 0.2) is 17.5 Å². The molecule has 0 saturated heterocycles. The maximum atomic E-state index is 13.5. The molecule has 1 aromatic carbocycles. The maximum absolute atomic E-state index is 13.5. The van der Waals surface area contributed by atoms with Crippen molar-refractivity contribution >= 4 is 17.3 Å². The lowest BCUT2D eigenvalue weighted by Gasteiger charge is -2.11. The van der Waals surface area contributed by atoms with E-state index in [1.165, 1.54) is 6.07 Å². The van der Waals surface area contributed by atoms with Gasteiger partial charge in [-0.1, -0.05) is 0 Å². The number of aryl methyl sites for hydroxylation is 1. The van der Waals surface area contributed by atoms with Crippen LogP contribution in [0.4, 0.5) is 24.5 Å². The standard InChI is InChI=1S/C13H9F3N2O2/c1-6-4-10(7(5-17-6)13(19)20)18-9-3-2-8(14)11(15)12(9)16/h2-5H,1H3,(H,17,18)(H,19,20). The van der Waals surface area contributed by atoms with Gasteiger partial charge in [-0.15, -0.1) is 0 Å². The van der Waals surface area contributed by atoms with Gasteiger partial charge >= 0.3 is 5.97 Å². The van der Waals surface area contributed by atoms with Crippen LogP contribution >= 0.6 is 0 Å². The summed E-state index contributed by atoms with van der Waals surface area (Å²) in [5.41, 5.74) is -0.0490. The number of aromatic carboxylic acids is 1. The van der Waals surface area contributed by atoms with Crippen molar-refractivity contribution in [3.63, 3.8) is 0 Å². The molecule has 0 amide bonds. The molecule has 7 heteroatoms. The van der Waals surface area contributed by atoms with E-state index in [2.05, 4.69) is 10.3 Å². The highest BCUT2D eigenvalue weighted by Gasteiger charge is 2.16. The summed E-state index contributed by atoms with van der Waals surface area (Å²) in [4.78, 5) is 14.8. The fraction of sp³-hybridized carbons (Fsp3) is 0.0769. The average molecular weight is 282 g/mol. The van der Waals surface area contributed by atoms with Crippen LogP contribution in [0.5, 0.6) is 0 Å². The average Bonchev–Trinajstić information content (AvgIpc) is 2.39. The fourth-order valence-electron chi connectivity index (χ4n) is 1.60. The largest absolute Gasteiger partial charge is 0.478 e. The van der Waals surface area contributed by atoms with Gasteiger partial charge in [0.2, 0.25) is 0 Å². The highest BCUT2D eigenvalue weighted by atomic mass is 19.2. The number of pyridine rings is 1. The second kappa shape index (κ2) is 5.20. The monoisotopic (exact) mass is 282 g/mol. The number of nitrogens with zero attached hydrogens (tertiary/aromatic N) is 1. The molecule has 0 aliphatic carbocycles. The lowest BCUT2D eigenvalue weighted by Crippen LogP contribution is -2.06. The van der Waals surface area contributed by atoms with Gasteiger partial charge in [-0.2, -0.15) is 0 Å². The summed E-state index contributed by atoms with van der Waals surface area (Å²) in [5.74, 6) is -5.64. The number of hydrogen-bond acceptors (Lipinski definition) is 3. The molecular weight excluding hydrogens is 273 g/mol. The number of aromatic nitrogens is 1. The number of carboxylic acid groups (broad SMARTS) is 1. The predicted octanol–water partition coefficient (Wildman–Crippen LogP) is 3.25. The van der Waals surface area contributed by atoms with Crippen LogP contribution < -0.4 is 5.32 Å². The van der Waals surface area contributed by atoms with Gasteiger partial charge in [0.05, 0.1) is 11.4 Å². The maximum Gasteiger partial charge on any atom is 0.339 e. The summed E-state index contributed by atoms with van der Waals surface area (Å²) in [6.07, 6.45) is 1.10. The third-order valence-corrected chi connectivity index (χ3v) is 2.58. The number of rotatable bonds is 3. The van der Waals surface area contributed by atoms with Gasteiger partial charge in [-0.3, -0.25) is 4.98 Å². The molecule has 0 spiro atoms. The van der Waals surface area contributed by atoms with Crippen molar-refractivity contribution < 1.29 is 23.1 Å². The van der Waals surface area contributed by atoms with Crippen molar-refractivity contribution in [2.24, 2.45) is 0 Å². The number of carboxylic acids is 1. The molecule has 104 valence electrons. The Hall–Kier alpha value is -2.57. The second-order valence-electron chi connectivity index (χ2n) is 4.02. The van der Waals surface area contributed by atoms with Gasteiger partial charge in [0.1, 0.15) is 5.56 Å². The van der Waals surface area contributed by atoms with Gasteiger partial charge < -0.3 is 10.4 Å². The van der Waals surface area contributed by atoms with E-state index >= 15 is 0 Å². The highest BCUT2D eigenvalue weighted by molar-refractivity contribution is 5.94. The third-order valence-electron chi connectivity index (χ3n) is 2.58. The van der Waals surface area contributed by atoms with Crippen molar-refractivity contribution in [3.05, 3.63) is 53.1 Å². The second-order valence-corrected chi connectivity index (χ2v) is 4.02. The van der Waals surface area contributed by atoms with Crippen molar-refractivity contribution in [3.8, 4) is 0 Å². The Kier molecular flexibility index (Phi) is 3.60. The molecule has 0 radical (unpaired) electrons. The quantitative estimate of drug-likeness (QED) is 0.848. The molecule has 2 N–H and O–H groups in total. The topological polar surface area (TPSA) is 62.2 Å². The van der Waals surface area contributed by atoms with Crippen LogP contribution in [-0.4, -0.2) is 16.1 Å². The number of nitrogens with one attached hydrogen (secondary N) is 1. The smallest absolute Gasteiger partial charge is 0.339 e. The molecule has 20 heavy (non-hydrogen) atoms. The number of hydrogen-bond donors (Lipinski definition) is 2. The summed E-state index contributed by atoms with van der Waals surface area (Å²) in [5, 5.41) is 11.4. The zero-order valence-corrected chi connectivity index (χ0v) is 10.2. The van der Waals surface area contributed by atoms with E-state index in [1.807, 2.05) is 0 Å². The van der Waals surface area contributed by atoms with Gasteiger partial charge in [-0.05, 0) is 25.1 Å². The van der Waals surface area contributed by atoms with Gasteiger partial charge in [0, 0.05) is 11.9 Å². The van der Waals surface area contributed by atoms with Crippen LogP contribution in [0.25, 0.3) is 0 Å². The Bertz CT molecular complexity index is 690. The van der Waals surface area contributed by atoms with Crippen molar-refractivity contribution in [1.29, 1.82) is 0 Å². The molecule has 0 fully saturated rings. The summed E-state index contributed by atoms with van der Waals surface area (Å²) >= 11 is 0. The minimum atomic E-state index is -1.63. The van der Waals surface area contributed by atoms with Gasteiger partial charge in [0.25, 0.3) is 0 Å². The highest BCUT2D eigenvalue weighted by Crippen LogP contribution is 2.26. The van der Waals surface area contributed by atoms with E-state index in [4.69, 9.17) is 5.11 Å². The zero-order valence-electron chi connectivity index (χ0n) is 10.2. The first-order valence-corrected chi connectivity index (χ1v) is 5.50. The number of halogens is 3. The summed E-state index contributed by atoms with van der Waals surface area (Å²) in [6, 6.07) is 3.09.